The van der Waals surface area contributed by atoms with Crippen LogP contribution in [0.2, 0.25) is 0 Å². The highest BCUT2D eigenvalue weighted by Crippen LogP contribution is 2.26. The molecule has 0 heterocycles. The van der Waals surface area contributed by atoms with Gasteiger partial charge in [0.1, 0.15) is 0 Å². The maximum absolute atomic E-state index is 12.6. The van der Waals surface area contributed by atoms with Gasteiger partial charge in [-0.15, -0.1) is 0 Å². The summed E-state index contributed by atoms with van der Waals surface area (Å²) in [6.07, 6.45) is -3.19. The molecule has 4 heteroatoms. The summed E-state index contributed by atoms with van der Waals surface area (Å²) in [6, 6.07) is 6.50. The van der Waals surface area contributed by atoms with E-state index < -0.39 is 24.7 Å². The minimum atomic E-state index is -2.65. The molecule has 1 atom stereocenters. The van der Waals surface area contributed by atoms with Crippen LogP contribution in [0, 0.1) is 6.92 Å². The summed E-state index contributed by atoms with van der Waals surface area (Å²) in [5.74, 6) is -2.43. The predicted octanol–water partition coefficient (Wildman–Crippen LogP) is 2.82. The molecular formula is C11H12F2O2. The van der Waals surface area contributed by atoms with Crippen molar-refractivity contribution < 1.29 is 18.7 Å². The lowest BCUT2D eigenvalue weighted by Crippen LogP contribution is -2.14. The predicted molar refractivity (Wildman–Crippen MR) is 52.2 cm³/mol. The molecule has 1 aromatic rings. The third kappa shape index (κ3) is 3.31. The first-order valence-electron chi connectivity index (χ1n) is 4.57. The van der Waals surface area contributed by atoms with E-state index in [0.717, 1.165) is 5.56 Å². The van der Waals surface area contributed by atoms with Gasteiger partial charge < -0.3 is 5.11 Å². The van der Waals surface area contributed by atoms with Gasteiger partial charge in [-0.3, -0.25) is 4.79 Å². The second kappa shape index (κ2) is 4.87. The quantitative estimate of drug-likeness (QED) is 0.836. The van der Waals surface area contributed by atoms with Gasteiger partial charge in [-0.2, -0.15) is 0 Å². The molecule has 1 rings (SSSR count). The Morgan fingerprint density at radius 3 is 2.27 bits per heavy atom. The molecule has 0 radical (unpaired) electrons. The molecule has 0 saturated carbocycles. The third-order valence-corrected chi connectivity index (χ3v) is 2.20. The number of carbonyl (C=O) groups is 1. The first-order chi connectivity index (χ1) is 7.00. The van der Waals surface area contributed by atoms with Crippen LogP contribution in [0.5, 0.6) is 0 Å². The Morgan fingerprint density at radius 1 is 1.33 bits per heavy atom. The number of aryl methyl sites for hydroxylation is 1. The number of alkyl halides is 2. The standard InChI is InChI=1S/C11H12F2O2/c1-7-2-4-8(5-3-7)9(11(12)13)6-10(14)15/h2-5,9,11H,6H2,1H3,(H,14,15). The minimum Gasteiger partial charge on any atom is -0.481 e. The highest BCUT2D eigenvalue weighted by Gasteiger charge is 2.24. The van der Waals surface area contributed by atoms with E-state index in [1.54, 1.807) is 24.3 Å². The zero-order valence-corrected chi connectivity index (χ0v) is 8.28. The lowest BCUT2D eigenvalue weighted by atomic mass is 9.95. The summed E-state index contributed by atoms with van der Waals surface area (Å²) in [5.41, 5.74) is 1.33. The van der Waals surface area contributed by atoms with Gasteiger partial charge >= 0.3 is 5.97 Å². The van der Waals surface area contributed by atoms with Crippen LogP contribution < -0.4 is 0 Å². The van der Waals surface area contributed by atoms with Crippen molar-refractivity contribution in [3.8, 4) is 0 Å². The van der Waals surface area contributed by atoms with Gasteiger partial charge in [0.2, 0.25) is 6.43 Å². The van der Waals surface area contributed by atoms with Crippen molar-refractivity contribution in [1.82, 2.24) is 0 Å². The fourth-order valence-electron chi connectivity index (χ4n) is 1.35. The topological polar surface area (TPSA) is 37.3 Å². The van der Waals surface area contributed by atoms with Gasteiger partial charge in [0.05, 0.1) is 12.3 Å². The van der Waals surface area contributed by atoms with Crippen LogP contribution in [0.3, 0.4) is 0 Å². The van der Waals surface area contributed by atoms with Crippen molar-refractivity contribution in [2.24, 2.45) is 0 Å². The van der Waals surface area contributed by atoms with Crippen molar-refractivity contribution in [3.05, 3.63) is 35.4 Å². The third-order valence-electron chi connectivity index (χ3n) is 2.20. The van der Waals surface area contributed by atoms with Crippen LogP contribution in [0.1, 0.15) is 23.5 Å². The van der Waals surface area contributed by atoms with Crippen LogP contribution in [0.15, 0.2) is 24.3 Å². The molecule has 1 unspecified atom stereocenters. The van der Waals surface area contributed by atoms with E-state index in [2.05, 4.69) is 0 Å². The Kier molecular flexibility index (Phi) is 3.77. The van der Waals surface area contributed by atoms with Crippen molar-refractivity contribution >= 4 is 5.97 Å². The molecule has 0 amide bonds. The SMILES string of the molecule is Cc1ccc(C(CC(=O)O)C(F)F)cc1. The zero-order chi connectivity index (χ0) is 11.4. The molecule has 0 fully saturated rings. The number of rotatable bonds is 4. The van der Waals surface area contributed by atoms with Gasteiger partial charge in [-0.25, -0.2) is 8.78 Å². The Bertz CT molecular complexity index is 333. The molecule has 0 aliphatic heterocycles. The summed E-state index contributed by atoms with van der Waals surface area (Å²) in [7, 11) is 0. The van der Waals surface area contributed by atoms with Crippen molar-refractivity contribution in [3.63, 3.8) is 0 Å². The number of aliphatic carboxylic acids is 1. The summed E-state index contributed by atoms with van der Waals surface area (Å²) >= 11 is 0. The van der Waals surface area contributed by atoms with E-state index in [9.17, 15) is 13.6 Å². The molecule has 0 saturated heterocycles. The molecule has 0 aromatic heterocycles. The van der Waals surface area contributed by atoms with E-state index in [0.29, 0.717) is 5.56 Å². The van der Waals surface area contributed by atoms with Crippen LogP contribution in [-0.4, -0.2) is 17.5 Å². The Balaban J connectivity index is 2.88. The van der Waals surface area contributed by atoms with Gasteiger partial charge in [0, 0.05) is 0 Å². The number of hydrogen-bond acceptors (Lipinski definition) is 1. The van der Waals surface area contributed by atoms with Gasteiger partial charge in [-0.1, -0.05) is 29.8 Å². The molecule has 1 aromatic carbocycles. The van der Waals surface area contributed by atoms with Crippen LogP contribution in [-0.2, 0) is 4.79 Å². The first-order valence-corrected chi connectivity index (χ1v) is 4.57. The number of halogens is 2. The van der Waals surface area contributed by atoms with Gasteiger partial charge in [0.25, 0.3) is 0 Å². The molecule has 82 valence electrons. The maximum Gasteiger partial charge on any atom is 0.304 e. The van der Waals surface area contributed by atoms with E-state index in [1.807, 2.05) is 6.92 Å². The second-order valence-corrected chi connectivity index (χ2v) is 3.45. The van der Waals surface area contributed by atoms with E-state index in [1.165, 1.54) is 0 Å². The lowest BCUT2D eigenvalue weighted by molar-refractivity contribution is -0.138. The molecule has 0 spiro atoms. The van der Waals surface area contributed by atoms with Gasteiger partial charge in [-0.05, 0) is 12.5 Å². The van der Waals surface area contributed by atoms with Crippen molar-refractivity contribution in [2.45, 2.75) is 25.7 Å². The lowest BCUT2D eigenvalue weighted by Gasteiger charge is -2.14. The van der Waals surface area contributed by atoms with Crippen LogP contribution in [0.25, 0.3) is 0 Å². The molecule has 0 bridgehead atoms. The van der Waals surface area contributed by atoms with Crippen LogP contribution in [0.4, 0.5) is 8.78 Å². The normalized spacial score (nSPS) is 12.8. The molecule has 0 aliphatic carbocycles. The average molecular weight is 214 g/mol. The average Bonchev–Trinajstić information content (AvgIpc) is 2.15. The number of carboxylic acid groups (broad SMARTS) is 1. The first kappa shape index (κ1) is 11.6. The Labute approximate surface area is 86.5 Å². The van der Waals surface area contributed by atoms with E-state index in [4.69, 9.17) is 5.11 Å². The highest BCUT2D eigenvalue weighted by atomic mass is 19.3. The zero-order valence-electron chi connectivity index (χ0n) is 8.28. The summed E-state index contributed by atoms with van der Waals surface area (Å²) in [5, 5.41) is 8.52. The Morgan fingerprint density at radius 2 is 1.87 bits per heavy atom. The monoisotopic (exact) mass is 214 g/mol. The molecular weight excluding hydrogens is 202 g/mol. The molecule has 1 N–H and O–H groups in total. The van der Waals surface area contributed by atoms with Crippen molar-refractivity contribution in [2.75, 3.05) is 0 Å². The highest BCUT2D eigenvalue weighted by molar-refractivity contribution is 5.68. The summed E-state index contributed by atoms with van der Waals surface area (Å²) in [4.78, 5) is 10.4. The van der Waals surface area contributed by atoms with E-state index in [-0.39, 0.29) is 0 Å². The second-order valence-electron chi connectivity index (χ2n) is 3.45. The maximum atomic E-state index is 12.6. The van der Waals surface area contributed by atoms with Gasteiger partial charge in [0.15, 0.2) is 0 Å². The fraction of sp³-hybridized carbons (Fsp3) is 0.364. The minimum absolute atomic E-state index is 0.373. The smallest absolute Gasteiger partial charge is 0.304 e. The summed E-state index contributed by atoms with van der Waals surface area (Å²) in [6.45, 7) is 1.85. The fourth-order valence-corrected chi connectivity index (χ4v) is 1.35. The molecule has 2 nitrogen and oxygen atoms in total. The summed E-state index contributed by atoms with van der Waals surface area (Å²) < 4.78 is 25.2. The van der Waals surface area contributed by atoms with E-state index >= 15 is 0 Å². The van der Waals surface area contributed by atoms with Crippen molar-refractivity contribution in [1.29, 1.82) is 0 Å². The Hall–Kier alpha value is -1.45. The number of hydrogen-bond donors (Lipinski definition) is 1. The number of carboxylic acids is 1. The molecule has 0 aliphatic rings. The largest absolute Gasteiger partial charge is 0.481 e. The van der Waals surface area contributed by atoms with Crippen LogP contribution >= 0.6 is 0 Å². The molecule has 15 heavy (non-hydrogen) atoms. The number of benzene rings is 1.